The molecule has 2 heterocycles. The molecule has 1 N–H and O–H groups in total. The highest BCUT2D eigenvalue weighted by Gasteiger charge is 2.51. The van der Waals surface area contributed by atoms with Crippen molar-refractivity contribution >= 4 is 21.7 Å². The fourth-order valence-electron chi connectivity index (χ4n) is 3.30. The van der Waals surface area contributed by atoms with Gasteiger partial charge in [-0.3, -0.25) is 0 Å². The summed E-state index contributed by atoms with van der Waals surface area (Å²) in [7, 11) is 0. The van der Waals surface area contributed by atoms with E-state index in [1.54, 1.807) is 0 Å². The Labute approximate surface area is 149 Å². The summed E-state index contributed by atoms with van der Waals surface area (Å²) in [6.45, 7) is 1.16. The van der Waals surface area contributed by atoms with Crippen LogP contribution in [0.1, 0.15) is 11.1 Å². The summed E-state index contributed by atoms with van der Waals surface area (Å²) in [5, 5.41) is 11.6. The summed E-state index contributed by atoms with van der Waals surface area (Å²) in [4.78, 5) is 2.07. The number of rotatable bonds is 3. The Hall–Kier alpha value is -2.17. The van der Waals surface area contributed by atoms with Gasteiger partial charge in [0.2, 0.25) is 0 Å². The van der Waals surface area contributed by atoms with Gasteiger partial charge in [-0.05, 0) is 23.8 Å². The van der Waals surface area contributed by atoms with Gasteiger partial charge in [0.1, 0.15) is 6.54 Å². The molecule has 0 spiro atoms. The van der Waals surface area contributed by atoms with Gasteiger partial charge in [-0.25, -0.2) is 9.47 Å². The number of aliphatic hydroxyl groups is 1. The number of pyridine rings is 1. The number of anilines is 1. The Bertz CT molecular complexity index is 851. The molecule has 1 atom stereocenters. The number of hydrogen-bond donors (Lipinski definition) is 1. The van der Waals surface area contributed by atoms with Gasteiger partial charge in [-0.2, -0.15) is 0 Å². The maximum Gasteiger partial charge on any atom is 0.279 e. The largest absolute Gasteiger partial charge is 0.346 e. The Morgan fingerprint density at radius 2 is 1.67 bits per heavy atom. The fraction of sp³-hybridized carbons (Fsp3) is 0.150. The molecular weight excluding hydrogens is 364 g/mol. The van der Waals surface area contributed by atoms with Crippen LogP contribution in [-0.4, -0.2) is 5.11 Å². The molecule has 0 fully saturated rings. The van der Waals surface area contributed by atoms with Gasteiger partial charge in [0.05, 0.1) is 6.20 Å². The summed E-state index contributed by atoms with van der Waals surface area (Å²) in [6, 6.07) is 24.2. The first-order valence-corrected chi connectivity index (χ1v) is 8.74. The predicted molar refractivity (Wildman–Crippen MR) is 97.3 cm³/mol. The van der Waals surface area contributed by atoms with Crippen LogP contribution >= 0.6 is 15.9 Å². The summed E-state index contributed by atoms with van der Waals surface area (Å²) < 4.78 is 3.11. The van der Waals surface area contributed by atoms with Crippen molar-refractivity contribution < 1.29 is 9.67 Å². The fourth-order valence-corrected chi connectivity index (χ4v) is 3.56. The molecule has 24 heavy (non-hydrogen) atoms. The van der Waals surface area contributed by atoms with Crippen LogP contribution in [0.3, 0.4) is 0 Å². The SMILES string of the molecule is OC1(c2ccc(Br)cc2)C[n+]2ccccc2N1Cc1ccccc1. The Morgan fingerprint density at radius 1 is 0.958 bits per heavy atom. The zero-order chi connectivity index (χ0) is 16.6. The van der Waals surface area contributed by atoms with Crippen molar-refractivity contribution in [2.45, 2.75) is 18.8 Å². The summed E-state index contributed by atoms with van der Waals surface area (Å²) in [6.07, 6.45) is 2.02. The molecule has 0 radical (unpaired) electrons. The van der Waals surface area contributed by atoms with E-state index in [1.165, 1.54) is 5.56 Å². The lowest BCUT2D eigenvalue weighted by molar-refractivity contribution is -0.683. The number of aromatic nitrogens is 1. The second-order valence-electron chi connectivity index (χ2n) is 6.08. The van der Waals surface area contributed by atoms with E-state index in [0.29, 0.717) is 13.1 Å². The van der Waals surface area contributed by atoms with Crippen LogP contribution in [0.4, 0.5) is 5.82 Å². The lowest BCUT2D eigenvalue weighted by Crippen LogP contribution is -2.45. The molecule has 3 aromatic rings. The van der Waals surface area contributed by atoms with Gasteiger partial charge in [0, 0.05) is 16.1 Å². The number of nitrogens with zero attached hydrogens (tertiary/aromatic N) is 2. The van der Waals surface area contributed by atoms with Gasteiger partial charge in [0.15, 0.2) is 6.54 Å². The smallest absolute Gasteiger partial charge is 0.279 e. The average Bonchev–Trinajstić information content (AvgIpc) is 2.90. The summed E-state index contributed by atoms with van der Waals surface area (Å²) in [5.74, 6) is 1.02. The molecule has 0 saturated carbocycles. The highest BCUT2D eigenvalue weighted by atomic mass is 79.9. The van der Waals surface area contributed by atoms with Gasteiger partial charge in [-0.1, -0.05) is 64.5 Å². The van der Waals surface area contributed by atoms with E-state index in [4.69, 9.17) is 0 Å². The number of halogens is 1. The van der Waals surface area contributed by atoms with Crippen LogP contribution in [0.2, 0.25) is 0 Å². The normalized spacial score (nSPS) is 19.3. The standard InChI is InChI=1S/C20H18BrN2O/c21-18-11-9-17(10-12-18)20(24)15-22-13-5-4-8-19(22)23(20)14-16-6-2-1-3-7-16/h1-13,24H,14-15H2/q+1. The molecule has 0 bridgehead atoms. The second-order valence-corrected chi connectivity index (χ2v) is 7.00. The minimum atomic E-state index is -1.06. The molecule has 3 nitrogen and oxygen atoms in total. The lowest BCUT2D eigenvalue weighted by atomic mass is 10.0. The molecule has 120 valence electrons. The van der Waals surface area contributed by atoms with Crippen molar-refractivity contribution in [1.29, 1.82) is 0 Å². The minimum absolute atomic E-state index is 0.512. The Morgan fingerprint density at radius 3 is 2.42 bits per heavy atom. The molecule has 4 heteroatoms. The summed E-state index contributed by atoms with van der Waals surface area (Å²) in [5.41, 5.74) is 1.00. The third-order valence-corrected chi connectivity index (χ3v) is 5.05. The monoisotopic (exact) mass is 381 g/mol. The Balaban J connectivity index is 1.79. The molecule has 0 amide bonds. The Kier molecular flexibility index (Phi) is 3.87. The molecule has 1 aromatic heterocycles. The lowest BCUT2D eigenvalue weighted by Gasteiger charge is -2.27. The van der Waals surface area contributed by atoms with Gasteiger partial charge >= 0.3 is 0 Å². The third-order valence-electron chi connectivity index (χ3n) is 4.52. The molecule has 0 saturated heterocycles. The first-order chi connectivity index (χ1) is 11.7. The third kappa shape index (κ3) is 2.62. The van der Waals surface area contributed by atoms with E-state index >= 15 is 0 Å². The average molecular weight is 382 g/mol. The number of benzene rings is 2. The summed E-state index contributed by atoms with van der Waals surface area (Å²) >= 11 is 3.47. The molecule has 0 aliphatic carbocycles. The molecular formula is C20H18BrN2O+. The molecule has 1 aliphatic heterocycles. The molecule has 4 rings (SSSR count). The molecule has 1 unspecified atom stereocenters. The van der Waals surface area contributed by atoms with Gasteiger partial charge in [0.25, 0.3) is 11.5 Å². The van der Waals surface area contributed by atoms with Gasteiger partial charge in [-0.15, -0.1) is 0 Å². The van der Waals surface area contributed by atoms with Gasteiger partial charge < -0.3 is 5.11 Å². The van der Waals surface area contributed by atoms with Crippen LogP contribution in [0.25, 0.3) is 0 Å². The van der Waals surface area contributed by atoms with Crippen molar-refractivity contribution in [1.82, 2.24) is 0 Å². The van der Waals surface area contributed by atoms with Crippen LogP contribution in [0.15, 0.2) is 83.5 Å². The first-order valence-electron chi connectivity index (χ1n) is 7.95. The van der Waals surface area contributed by atoms with Crippen LogP contribution in [-0.2, 0) is 18.8 Å². The van der Waals surface area contributed by atoms with Crippen molar-refractivity contribution in [3.8, 4) is 0 Å². The first kappa shape index (κ1) is 15.4. The van der Waals surface area contributed by atoms with Crippen molar-refractivity contribution in [3.05, 3.63) is 94.6 Å². The molecule has 1 aliphatic rings. The van der Waals surface area contributed by atoms with Crippen molar-refractivity contribution in [2.24, 2.45) is 0 Å². The van der Waals surface area contributed by atoms with E-state index in [2.05, 4.69) is 43.6 Å². The van der Waals surface area contributed by atoms with E-state index in [0.717, 1.165) is 15.9 Å². The predicted octanol–water partition coefficient (Wildman–Crippen LogP) is 3.60. The number of fused-ring (bicyclic) bond motifs is 1. The topological polar surface area (TPSA) is 27.4 Å². The van der Waals surface area contributed by atoms with E-state index in [1.807, 2.05) is 60.8 Å². The minimum Gasteiger partial charge on any atom is -0.346 e. The van der Waals surface area contributed by atoms with E-state index in [9.17, 15) is 5.11 Å². The van der Waals surface area contributed by atoms with Crippen LogP contribution < -0.4 is 9.47 Å². The van der Waals surface area contributed by atoms with Crippen LogP contribution in [0.5, 0.6) is 0 Å². The zero-order valence-electron chi connectivity index (χ0n) is 13.1. The number of hydrogen-bond acceptors (Lipinski definition) is 2. The highest BCUT2D eigenvalue weighted by Crippen LogP contribution is 2.36. The maximum absolute atomic E-state index is 11.6. The quantitative estimate of drug-likeness (QED) is 0.701. The second kappa shape index (κ2) is 6.04. The van der Waals surface area contributed by atoms with Crippen LogP contribution in [0, 0.1) is 0 Å². The van der Waals surface area contributed by atoms with E-state index in [-0.39, 0.29) is 0 Å². The molecule has 2 aromatic carbocycles. The van der Waals surface area contributed by atoms with Crippen molar-refractivity contribution in [3.63, 3.8) is 0 Å². The van der Waals surface area contributed by atoms with Crippen molar-refractivity contribution in [2.75, 3.05) is 4.90 Å². The highest BCUT2D eigenvalue weighted by molar-refractivity contribution is 9.10. The maximum atomic E-state index is 11.6. The zero-order valence-corrected chi connectivity index (χ0v) is 14.7. The van der Waals surface area contributed by atoms with E-state index < -0.39 is 5.72 Å².